The molecule has 0 radical (unpaired) electrons. The van der Waals surface area contributed by atoms with E-state index in [-0.39, 0.29) is 17.4 Å². The van der Waals surface area contributed by atoms with Gasteiger partial charge in [-0.2, -0.15) is 0 Å². The van der Waals surface area contributed by atoms with E-state index >= 15 is 0 Å². The van der Waals surface area contributed by atoms with Gasteiger partial charge in [0.2, 0.25) is 0 Å². The number of sulfonamides is 1. The Morgan fingerprint density at radius 1 is 1.12 bits per heavy atom. The van der Waals surface area contributed by atoms with Crippen molar-refractivity contribution < 1.29 is 17.9 Å². The van der Waals surface area contributed by atoms with Crippen molar-refractivity contribution in [2.75, 3.05) is 17.9 Å². The summed E-state index contributed by atoms with van der Waals surface area (Å²) in [4.78, 5) is 11.9. The molecule has 0 heterocycles. The van der Waals surface area contributed by atoms with Gasteiger partial charge in [0.05, 0.1) is 4.90 Å². The number of para-hydroxylation sites is 1. The minimum absolute atomic E-state index is 0.109. The average Bonchev–Trinajstić information content (AvgIpc) is 2.59. The minimum Gasteiger partial charge on any atom is -0.484 e. The van der Waals surface area contributed by atoms with Crippen molar-refractivity contribution in [3.8, 4) is 5.75 Å². The summed E-state index contributed by atoms with van der Waals surface area (Å²) in [6.45, 7) is 6.23. The Balaban J connectivity index is 2.03. The van der Waals surface area contributed by atoms with Crippen LogP contribution in [0.5, 0.6) is 5.75 Å². The van der Waals surface area contributed by atoms with Crippen LogP contribution in [0.4, 0.5) is 5.69 Å². The van der Waals surface area contributed by atoms with Crippen LogP contribution in [0.15, 0.2) is 53.4 Å². The second-order valence-electron chi connectivity index (χ2n) is 6.39. The van der Waals surface area contributed by atoms with Crippen molar-refractivity contribution in [3.05, 3.63) is 54.1 Å². The third-order valence-electron chi connectivity index (χ3n) is 3.55. The molecule has 2 aromatic carbocycles. The lowest BCUT2D eigenvalue weighted by Crippen LogP contribution is -2.31. The molecule has 0 aliphatic heterocycles. The Bertz CT molecular complexity index is 849. The molecule has 2 rings (SSSR count). The van der Waals surface area contributed by atoms with Gasteiger partial charge in [0.15, 0.2) is 6.61 Å². The van der Waals surface area contributed by atoms with E-state index in [0.29, 0.717) is 29.5 Å². The first-order valence-electron chi connectivity index (χ1n) is 8.36. The number of ether oxygens (including phenoxy) is 1. The van der Waals surface area contributed by atoms with Crippen LogP contribution in [0.25, 0.3) is 0 Å². The Morgan fingerprint density at radius 2 is 1.81 bits per heavy atom. The summed E-state index contributed by atoms with van der Waals surface area (Å²) in [5, 5.41) is 2.76. The van der Waals surface area contributed by atoms with Crippen LogP contribution >= 0.6 is 0 Å². The largest absolute Gasteiger partial charge is 0.484 e. The lowest BCUT2D eigenvalue weighted by atomic mass is 10.2. The summed E-state index contributed by atoms with van der Waals surface area (Å²) in [6.07, 6.45) is 0. The van der Waals surface area contributed by atoms with Gasteiger partial charge in [0, 0.05) is 12.2 Å². The van der Waals surface area contributed by atoms with Crippen molar-refractivity contribution in [1.29, 1.82) is 0 Å². The van der Waals surface area contributed by atoms with Crippen molar-refractivity contribution in [3.63, 3.8) is 0 Å². The van der Waals surface area contributed by atoms with E-state index in [1.807, 2.05) is 19.9 Å². The lowest BCUT2D eigenvalue weighted by molar-refractivity contribution is -0.123. The molecule has 6 nitrogen and oxygen atoms in total. The molecular weight excluding hydrogens is 352 g/mol. The van der Waals surface area contributed by atoms with E-state index in [2.05, 4.69) is 10.0 Å². The van der Waals surface area contributed by atoms with Gasteiger partial charge in [-0.15, -0.1) is 0 Å². The predicted molar refractivity (Wildman–Crippen MR) is 102 cm³/mol. The summed E-state index contributed by atoms with van der Waals surface area (Å²) in [7, 11) is -3.69. The van der Waals surface area contributed by atoms with Crippen LogP contribution in [0, 0.1) is 12.8 Å². The molecule has 7 heteroatoms. The molecule has 2 N–H and O–H groups in total. The number of anilines is 1. The number of carbonyl (C=O) groups is 1. The van der Waals surface area contributed by atoms with Gasteiger partial charge in [-0.25, -0.2) is 8.42 Å². The summed E-state index contributed by atoms with van der Waals surface area (Å²) < 4.78 is 32.9. The average molecular weight is 376 g/mol. The molecule has 140 valence electrons. The number of hydrogen-bond donors (Lipinski definition) is 2. The van der Waals surface area contributed by atoms with E-state index in [4.69, 9.17) is 4.74 Å². The fourth-order valence-electron chi connectivity index (χ4n) is 2.18. The highest BCUT2D eigenvalue weighted by molar-refractivity contribution is 7.92. The summed E-state index contributed by atoms with van der Waals surface area (Å²) in [5.41, 5.74) is 1.13. The molecule has 0 unspecified atom stereocenters. The van der Waals surface area contributed by atoms with Crippen LogP contribution in [-0.4, -0.2) is 27.5 Å². The molecule has 0 atom stereocenters. The van der Waals surface area contributed by atoms with Gasteiger partial charge in [0.1, 0.15) is 5.75 Å². The maximum atomic E-state index is 12.5. The maximum absolute atomic E-state index is 12.5. The van der Waals surface area contributed by atoms with Gasteiger partial charge < -0.3 is 10.1 Å². The molecular formula is C19H24N2O4S. The zero-order valence-corrected chi connectivity index (χ0v) is 16.0. The molecule has 1 amide bonds. The summed E-state index contributed by atoms with van der Waals surface area (Å²) in [5.74, 6) is 0.631. The highest BCUT2D eigenvalue weighted by atomic mass is 32.2. The van der Waals surface area contributed by atoms with Gasteiger partial charge in [-0.1, -0.05) is 32.0 Å². The van der Waals surface area contributed by atoms with Crippen LogP contribution in [0.1, 0.15) is 19.4 Å². The number of rotatable bonds is 8. The van der Waals surface area contributed by atoms with Crippen LogP contribution in [-0.2, 0) is 14.8 Å². The van der Waals surface area contributed by atoms with Crippen molar-refractivity contribution in [2.24, 2.45) is 5.92 Å². The number of aryl methyl sites for hydroxylation is 1. The van der Waals surface area contributed by atoms with Gasteiger partial charge in [-0.05, 0) is 48.7 Å². The molecule has 0 saturated carbocycles. The third-order valence-corrected chi connectivity index (χ3v) is 4.93. The van der Waals surface area contributed by atoms with Crippen molar-refractivity contribution >= 4 is 21.6 Å². The van der Waals surface area contributed by atoms with E-state index in [9.17, 15) is 13.2 Å². The van der Waals surface area contributed by atoms with Crippen LogP contribution < -0.4 is 14.8 Å². The first-order chi connectivity index (χ1) is 12.3. The van der Waals surface area contributed by atoms with Crippen LogP contribution in [0.2, 0.25) is 0 Å². The second kappa shape index (κ2) is 8.71. The van der Waals surface area contributed by atoms with E-state index < -0.39 is 10.0 Å². The third kappa shape index (κ3) is 5.77. The van der Waals surface area contributed by atoms with Gasteiger partial charge in [-0.3, -0.25) is 9.52 Å². The van der Waals surface area contributed by atoms with Crippen LogP contribution in [0.3, 0.4) is 0 Å². The first kappa shape index (κ1) is 19.8. The molecule has 0 spiro atoms. The quantitative estimate of drug-likeness (QED) is 0.742. The smallest absolute Gasteiger partial charge is 0.261 e. The zero-order valence-electron chi connectivity index (χ0n) is 15.2. The topological polar surface area (TPSA) is 84.5 Å². The molecule has 0 aromatic heterocycles. The highest BCUT2D eigenvalue weighted by Crippen LogP contribution is 2.23. The predicted octanol–water partition coefficient (Wildman–Crippen LogP) is 2.95. The van der Waals surface area contributed by atoms with E-state index in [1.165, 1.54) is 12.1 Å². The number of nitrogens with one attached hydrogen (secondary N) is 2. The fraction of sp³-hybridized carbons (Fsp3) is 0.316. The fourth-order valence-corrected chi connectivity index (χ4v) is 3.33. The number of carbonyl (C=O) groups excluding carboxylic acids is 1. The maximum Gasteiger partial charge on any atom is 0.261 e. The standard InChI is InChI=1S/C19H24N2O4S/c1-14(2)12-20-19(22)13-25-18-10-9-17(11-15(18)3)26(23,24)21-16-7-5-4-6-8-16/h4-11,14,21H,12-13H2,1-3H3,(H,20,22). The van der Waals surface area contributed by atoms with E-state index in [0.717, 1.165) is 0 Å². The second-order valence-corrected chi connectivity index (χ2v) is 8.07. The number of amides is 1. The van der Waals surface area contributed by atoms with Gasteiger partial charge in [0.25, 0.3) is 15.9 Å². The van der Waals surface area contributed by atoms with E-state index in [1.54, 1.807) is 37.3 Å². The molecule has 26 heavy (non-hydrogen) atoms. The number of benzene rings is 2. The normalized spacial score (nSPS) is 11.2. The Morgan fingerprint density at radius 3 is 2.42 bits per heavy atom. The molecule has 0 saturated heterocycles. The van der Waals surface area contributed by atoms with Gasteiger partial charge >= 0.3 is 0 Å². The monoisotopic (exact) mass is 376 g/mol. The molecule has 0 bridgehead atoms. The molecule has 0 fully saturated rings. The minimum atomic E-state index is -3.69. The number of hydrogen-bond acceptors (Lipinski definition) is 4. The summed E-state index contributed by atoms with van der Waals surface area (Å²) in [6, 6.07) is 13.2. The molecule has 0 aliphatic rings. The van der Waals surface area contributed by atoms with Crippen molar-refractivity contribution in [2.45, 2.75) is 25.7 Å². The zero-order chi connectivity index (χ0) is 19.2. The lowest BCUT2D eigenvalue weighted by Gasteiger charge is -2.13. The molecule has 2 aromatic rings. The Labute approximate surface area is 154 Å². The Kier molecular flexibility index (Phi) is 6.63. The first-order valence-corrected chi connectivity index (χ1v) is 9.84. The molecule has 0 aliphatic carbocycles. The summed E-state index contributed by atoms with van der Waals surface area (Å²) >= 11 is 0. The SMILES string of the molecule is Cc1cc(S(=O)(=O)Nc2ccccc2)ccc1OCC(=O)NCC(C)C. The van der Waals surface area contributed by atoms with Crippen molar-refractivity contribution in [1.82, 2.24) is 5.32 Å². The highest BCUT2D eigenvalue weighted by Gasteiger charge is 2.16. The Hall–Kier alpha value is -2.54.